The summed E-state index contributed by atoms with van der Waals surface area (Å²) in [5.41, 5.74) is 2.44. The molecule has 136 valence electrons. The van der Waals surface area contributed by atoms with Crippen LogP contribution in [0.15, 0.2) is 29.3 Å². The molecular formula is C18H30IN3OS. The maximum atomic E-state index is 5.29. The second-order valence-corrected chi connectivity index (χ2v) is 8.20. The van der Waals surface area contributed by atoms with E-state index in [0.717, 1.165) is 31.3 Å². The highest BCUT2D eigenvalue weighted by Gasteiger charge is 2.28. The predicted octanol–water partition coefficient (Wildman–Crippen LogP) is 3.74. The Morgan fingerprint density at radius 2 is 2.04 bits per heavy atom. The normalized spacial score (nSPS) is 17.3. The predicted molar refractivity (Wildman–Crippen MR) is 115 cm³/mol. The number of thioether (sulfide) groups is 1. The van der Waals surface area contributed by atoms with Crippen molar-refractivity contribution in [1.82, 2.24) is 10.2 Å². The van der Waals surface area contributed by atoms with Gasteiger partial charge in [-0.2, -0.15) is 11.8 Å². The minimum atomic E-state index is 0. The van der Waals surface area contributed by atoms with Gasteiger partial charge in [0.15, 0.2) is 5.96 Å². The van der Waals surface area contributed by atoms with Crippen LogP contribution in [-0.4, -0.2) is 48.1 Å². The Morgan fingerprint density at radius 1 is 1.33 bits per heavy atom. The van der Waals surface area contributed by atoms with Gasteiger partial charge in [0, 0.05) is 37.2 Å². The first-order valence-electron chi connectivity index (χ1n) is 8.28. The molecule has 2 rings (SSSR count). The van der Waals surface area contributed by atoms with Crippen molar-refractivity contribution in [1.29, 1.82) is 0 Å². The lowest BCUT2D eigenvalue weighted by Gasteiger charge is -2.39. The number of nitrogens with one attached hydrogen (secondary N) is 1. The molecule has 0 unspecified atom stereocenters. The minimum absolute atomic E-state index is 0. The number of halogens is 1. The third-order valence-corrected chi connectivity index (χ3v) is 5.17. The lowest BCUT2D eigenvalue weighted by molar-refractivity contribution is 0.184. The fraction of sp³-hybridized carbons (Fsp3) is 0.611. The summed E-state index contributed by atoms with van der Waals surface area (Å²) < 4.78 is 5.57. The quantitative estimate of drug-likeness (QED) is 0.410. The van der Waals surface area contributed by atoms with Gasteiger partial charge in [-0.3, -0.25) is 0 Å². The molecule has 1 aromatic carbocycles. The van der Waals surface area contributed by atoms with Gasteiger partial charge in [-0.05, 0) is 31.9 Å². The lowest BCUT2D eigenvalue weighted by atomic mass is 10.1. The zero-order chi connectivity index (χ0) is 16.7. The van der Waals surface area contributed by atoms with E-state index in [0.29, 0.717) is 13.2 Å². The molecule has 1 heterocycles. The third-order valence-electron chi connectivity index (χ3n) is 3.88. The third kappa shape index (κ3) is 6.44. The number of nitrogens with zero attached hydrogens (tertiary/aromatic N) is 2. The average molecular weight is 463 g/mol. The van der Waals surface area contributed by atoms with Crippen LogP contribution in [0, 0.1) is 0 Å². The van der Waals surface area contributed by atoms with Crippen molar-refractivity contribution >= 4 is 41.7 Å². The van der Waals surface area contributed by atoms with Crippen LogP contribution in [0.2, 0.25) is 0 Å². The summed E-state index contributed by atoms with van der Waals surface area (Å²) in [6, 6.07) is 8.37. The van der Waals surface area contributed by atoms with E-state index in [1.807, 2.05) is 11.8 Å². The van der Waals surface area contributed by atoms with Crippen LogP contribution in [0.4, 0.5) is 0 Å². The van der Waals surface area contributed by atoms with Gasteiger partial charge in [-0.25, -0.2) is 4.99 Å². The molecule has 6 heteroatoms. The molecule has 0 bridgehead atoms. The van der Waals surface area contributed by atoms with Crippen molar-refractivity contribution < 1.29 is 4.74 Å². The summed E-state index contributed by atoms with van der Waals surface area (Å²) in [6.45, 7) is 11.0. The minimum Gasteiger partial charge on any atom is -0.380 e. The Bertz CT molecular complexity index is 537. The van der Waals surface area contributed by atoms with E-state index >= 15 is 0 Å². The largest absolute Gasteiger partial charge is 0.380 e. The van der Waals surface area contributed by atoms with Gasteiger partial charge in [-0.1, -0.05) is 24.3 Å². The molecule has 0 radical (unpaired) electrons. The number of methoxy groups -OCH3 is 1. The molecule has 4 nitrogen and oxygen atoms in total. The molecule has 1 aliphatic rings. The van der Waals surface area contributed by atoms with Gasteiger partial charge in [0.2, 0.25) is 0 Å². The summed E-state index contributed by atoms with van der Waals surface area (Å²) in [4.78, 5) is 7.27. The molecule has 1 aliphatic heterocycles. The van der Waals surface area contributed by atoms with Gasteiger partial charge < -0.3 is 15.0 Å². The second-order valence-electron chi connectivity index (χ2n) is 6.40. The maximum absolute atomic E-state index is 5.29. The number of aliphatic imine (C=N–C) groups is 1. The molecule has 0 aromatic heterocycles. The molecule has 1 saturated heterocycles. The summed E-state index contributed by atoms with van der Waals surface area (Å²) in [7, 11) is 1.73. The van der Waals surface area contributed by atoms with E-state index in [1.54, 1.807) is 7.11 Å². The van der Waals surface area contributed by atoms with Crippen molar-refractivity contribution in [3.05, 3.63) is 35.4 Å². The first-order chi connectivity index (χ1) is 11.1. The molecule has 1 aromatic rings. The van der Waals surface area contributed by atoms with E-state index in [-0.39, 0.29) is 28.7 Å². The van der Waals surface area contributed by atoms with Gasteiger partial charge >= 0.3 is 0 Å². The van der Waals surface area contributed by atoms with Gasteiger partial charge in [0.25, 0.3) is 0 Å². The van der Waals surface area contributed by atoms with Crippen LogP contribution in [0.5, 0.6) is 0 Å². The molecule has 0 saturated carbocycles. The maximum Gasteiger partial charge on any atom is 0.194 e. The van der Waals surface area contributed by atoms with E-state index < -0.39 is 0 Å². The monoisotopic (exact) mass is 463 g/mol. The van der Waals surface area contributed by atoms with Crippen molar-refractivity contribution in [3.8, 4) is 0 Å². The highest BCUT2D eigenvalue weighted by molar-refractivity contribution is 14.0. The second kappa shape index (κ2) is 10.5. The smallest absolute Gasteiger partial charge is 0.194 e. The summed E-state index contributed by atoms with van der Waals surface area (Å²) in [5, 5.41) is 3.45. The Hall–Kier alpha value is -0.470. The first kappa shape index (κ1) is 21.6. The molecule has 0 amide bonds. The summed E-state index contributed by atoms with van der Waals surface area (Å²) in [5.74, 6) is 2.17. The number of benzene rings is 1. The zero-order valence-electron chi connectivity index (χ0n) is 15.2. The van der Waals surface area contributed by atoms with Crippen molar-refractivity contribution in [2.45, 2.75) is 38.7 Å². The summed E-state index contributed by atoms with van der Waals surface area (Å²) >= 11 is 2.04. The first-order valence-corrected chi connectivity index (χ1v) is 9.27. The Balaban J connectivity index is 0.00000288. The van der Waals surface area contributed by atoms with Gasteiger partial charge in [0.05, 0.1) is 13.2 Å². The molecular weight excluding hydrogens is 433 g/mol. The molecule has 0 aliphatic carbocycles. The van der Waals surface area contributed by atoms with Crippen LogP contribution in [0.25, 0.3) is 0 Å². The topological polar surface area (TPSA) is 36.9 Å². The van der Waals surface area contributed by atoms with E-state index in [4.69, 9.17) is 9.73 Å². The SMILES string of the molecule is CCNC(=NCc1ccccc1COC)N1CCSC(C)(C)C1.I. The molecule has 0 atom stereocenters. The zero-order valence-corrected chi connectivity index (χ0v) is 18.3. The molecule has 24 heavy (non-hydrogen) atoms. The number of rotatable bonds is 5. The Kier molecular flexibility index (Phi) is 9.44. The molecule has 1 fully saturated rings. The standard InChI is InChI=1S/C18H29N3OS.HI/c1-5-19-17(21-10-11-23-18(2,3)14-21)20-12-15-8-6-7-9-16(15)13-22-4;/h6-9H,5,10-14H2,1-4H3,(H,19,20);1H. The van der Waals surface area contributed by atoms with E-state index in [2.05, 4.69) is 55.3 Å². The van der Waals surface area contributed by atoms with Crippen LogP contribution in [-0.2, 0) is 17.9 Å². The number of hydrogen-bond donors (Lipinski definition) is 1. The van der Waals surface area contributed by atoms with Gasteiger partial charge in [-0.15, -0.1) is 24.0 Å². The van der Waals surface area contributed by atoms with E-state index in [1.165, 1.54) is 11.1 Å². The number of guanidine groups is 1. The van der Waals surface area contributed by atoms with Crippen molar-refractivity contribution in [2.24, 2.45) is 4.99 Å². The van der Waals surface area contributed by atoms with Gasteiger partial charge in [0.1, 0.15) is 0 Å². The highest BCUT2D eigenvalue weighted by Crippen LogP contribution is 2.29. The average Bonchev–Trinajstić information content (AvgIpc) is 2.52. The van der Waals surface area contributed by atoms with Crippen molar-refractivity contribution in [3.63, 3.8) is 0 Å². The molecule has 1 N–H and O–H groups in total. The van der Waals surface area contributed by atoms with Crippen LogP contribution in [0.3, 0.4) is 0 Å². The summed E-state index contributed by atoms with van der Waals surface area (Å²) in [6.07, 6.45) is 0. The van der Waals surface area contributed by atoms with Crippen LogP contribution in [0.1, 0.15) is 31.9 Å². The van der Waals surface area contributed by atoms with Crippen LogP contribution >= 0.6 is 35.7 Å². The fourth-order valence-electron chi connectivity index (χ4n) is 2.79. The lowest BCUT2D eigenvalue weighted by Crippen LogP contribution is -2.50. The highest BCUT2D eigenvalue weighted by atomic mass is 127. The fourth-order valence-corrected chi connectivity index (χ4v) is 3.90. The Labute approximate surface area is 167 Å². The molecule has 0 spiro atoms. The Morgan fingerprint density at radius 3 is 2.67 bits per heavy atom. The van der Waals surface area contributed by atoms with Crippen LogP contribution < -0.4 is 5.32 Å². The number of hydrogen-bond acceptors (Lipinski definition) is 3. The van der Waals surface area contributed by atoms with E-state index in [9.17, 15) is 0 Å². The van der Waals surface area contributed by atoms with Crippen molar-refractivity contribution in [2.75, 3.05) is 32.5 Å². The number of ether oxygens (including phenoxy) is 1.